The maximum Gasteiger partial charge on any atom is 0.407 e. The van der Waals surface area contributed by atoms with E-state index in [1.54, 1.807) is 12.4 Å². The molecule has 0 spiro atoms. The maximum absolute atomic E-state index is 12.7. The van der Waals surface area contributed by atoms with Crippen LogP contribution in [0.3, 0.4) is 0 Å². The van der Waals surface area contributed by atoms with Gasteiger partial charge in [-0.05, 0) is 74.5 Å². The number of ether oxygens (including phenoxy) is 1. The van der Waals surface area contributed by atoms with E-state index in [4.69, 9.17) is 4.74 Å². The molecule has 3 aromatic rings. The zero-order valence-electron chi connectivity index (χ0n) is 24.7. The summed E-state index contributed by atoms with van der Waals surface area (Å²) in [7, 11) is 0.172. The molecule has 3 aliphatic rings. The molecule has 9 nitrogen and oxygen atoms in total. The molecule has 10 heteroatoms. The normalized spacial score (nSPS) is 23.6. The number of H-pyrrole nitrogens is 1. The van der Waals surface area contributed by atoms with E-state index in [9.17, 15) is 14.3 Å². The molecule has 6 rings (SSSR count). The number of likely N-dealkylation sites (tertiary alicyclic amines) is 1. The van der Waals surface area contributed by atoms with Crippen LogP contribution in [0.2, 0.25) is 0 Å². The first-order valence-electron chi connectivity index (χ1n) is 15.3. The quantitative estimate of drug-likeness (QED) is 0.366. The highest BCUT2D eigenvalue weighted by Crippen LogP contribution is 2.50. The molecule has 2 aromatic carbocycles. The third kappa shape index (κ3) is 5.93. The number of aromatic amines is 1. The summed E-state index contributed by atoms with van der Waals surface area (Å²) < 4.78 is 17.6. The second kappa shape index (κ2) is 12.9. The molecule has 1 aromatic heterocycles. The molecule has 3 fully saturated rings. The molecule has 1 unspecified atom stereocenters. The van der Waals surface area contributed by atoms with E-state index in [-0.39, 0.29) is 17.9 Å². The topological polar surface area (TPSA) is 114 Å². The van der Waals surface area contributed by atoms with Crippen molar-refractivity contribution in [3.63, 3.8) is 0 Å². The average Bonchev–Trinajstić information content (AvgIpc) is 3.74. The van der Waals surface area contributed by atoms with Gasteiger partial charge < -0.3 is 19.9 Å². The Bertz CT molecular complexity index is 1430. The van der Waals surface area contributed by atoms with E-state index in [1.165, 1.54) is 7.11 Å². The smallest absolute Gasteiger partial charge is 0.407 e. The highest BCUT2D eigenvalue weighted by atomic mass is 32.2. The lowest BCUT2D eigenvalue weighted by Gasteiger charge is -2.48. The lowest BCUT2D eigenvalue weighted by molar-refractivity contribution is 0.0939. The summed E-state index contributed by atoms with van der Waals surface area (Å²) in [4.78, 5) is 18.6. The largest absolute Gasteiger partial charge is 0.453 e. The summed E-state index contributed by atoms with van der Waals surface area (Å²) in [6.07, 6.45) is 7.59. The first-order chi connectivity index (χ1) is 21.0. The predicted octanol–water partition coefficient (Wildman–Crippen LogP) is 4.71. The molecule has 2 saturated heterocycles. The number of alkyl carbamates (subject to hydrolysis) is 1. The van der Waals surface area contributed by atoms with Crippen LogP contribution in [-0.4, -0.2) is 71.3 Å². The number of hydrogen-bond donors (Lipinski definition) is 2. The minimum Gasteiger partial charge on any atom is -0.453 e. The Morgan fingerprint density at radius 3 is 2.49 bits per heavy atom. The second-order valence-corrected chi connectivity index (χ2v) is 13.6. The molecule has 1 saturated carbocycles. The Morgan fingerprint density at radius 2 is 1.84 bits per heavy atom. The molecule has 0 radical (unpaired) electrons. The lowest BCUT2D eigenvalue weighted by atomic mass is 9.59. The lowest BCUT2D eigenvalue weighted by Crippen LogP contribution is -2.55. The Kier molecular flexibility index (Phi) is 8.82. The van der Waals surface area contributed by atoms with Crippen LogP contribution >= 0.6 is 0 Å². The highest BCUT2D eigenvalue weighted by molar-refractivity contribution is 7.85. The Hall–Kier alpha value is -3.68. The van der Waals surface area contributed by atoms with Crippen molar-refractivity contribution in [1.82, 2.24) is 20.4 Å². The number of nitrogens with one attached hydrogen (secondary N) is 2. The van der Waals surface area contributed by atoms with Crippen molar-refractivity contribution < 1.29 is 13.7 Å². The summed E-state index contributed by atoms with van der Waals surface area (Å²) >= 11 is 0. The molecule has 2 aliphatic heterocycles. The number of carbonyl (C=O) groups is 1. The molecular formula is C33H40N6O3S. The fraction of sp³-hybridized carbons (Fsp3) is 0.485. The number of rotatable bonds is 9. The fourth-order valence-corrected chi connectivity index (χ4v) is 8.65. The standard InChI is InChI=1S/C33H40N6O3S/c1-42-32(40)37-31-9-5-8-30(31)33(23-34,25-6-3-2-4-7-25)26-14-16-38(17-15-26)20-24-21-39(22-24)27-10-12-28(13-11-27)43(41)29-18-35-36-19-29/h2-4,6-7,10-13,18-19,24,26,30-31H,5,8-9,14-17,20-22H2,1H3,(H,35,36)(H,37,40)/t30-,31-,33+,43?/m0/s1. The number of hydrogen-bond acceptors (Lipinski definition) is 7. The van der Waals surface area contributed by atoms with Gasteiger partial charge in [0.1, 0.15) is 0 Å². The van der Waals surface area contributed by atoms with Crippen LogP contribution in [0, 0.1) is 29.1 Å². The van der Waals surface area contributed by atoms with Gasteiger partial charge in [-0.25, -0.2) is 9.00 Å². The van der Waals surface area contributed by atoms with E-state index in [1.807, 2.05) is 30.3 Å². The molecule has 2 N–H and O–H groups in total. The van der Waals surface area contributed by atoms with E-state index >= 15 is 0 Å². The first kappa shape index (κ1) is 29.4. The van der Waals surface area contributed by atoms with Gasteiger partial charge in [-0.1, -0.05) is 36.8 Å². The molecule has 1 amide bonds. The van der Waals surface area contributed by atoms with Gasteiger partial charge in [-0.3, -0.25) is 5.10 Å². The van der Waals surface area contributed by atoms with Crippen molar-refractivity contribution in [3.8, 4) is 6.07 Å². The van der Waals surface area contributed by atoms with Crippen LogP contribution in [0.1, 0.15) is 37.7 Å². The number of benzene rings is 2. The van der Waals surface area contributed by atoms with E-state index in [0.29, 0.717) is 10.8 Å². The molecule has 0 bridgehead atoms. The average molecular weight is 601 g/mol. The first-order valence-corrected chi connectivity index (χ1v) is 16.5. The van der Waals surface area contributed by atoms with Crippen molar-refractivity contribution in [2.24, 2.45) is 17.8 Å². The van der Waals surface area contributed by atoms with E-state index < -0.39 is 22.3 Å². The third-order valence-corrected chi connectivity index (χ3v) is 11.2. The summed E-state index contributed by atoms with van der Waals surface area (Å²) in [6, 6.07) is 21.1. The Morgan fingerprint density at radius 1 is 1.09 bits per heavy atom. The molecular weight excluding hydrogens is 560 g/mol. The highest BCUT2D eigenvalue weighted by Gasteiger charge is 2.52. The molecule has 1 aliphatic carbocycles. The number of amides is 1. The summed E-state index contributed by atoms with van der Waals surface area (Å²) in [5, 5.41) is 20.6. The Labute approximate surface area is 256 Å². The number of methoxy groups -OCH3 is 1. The van der Waals surface area contributed by atoms with E-state index in [0.717, 1.165) is 81.0 Å². The van der Waals surface area contributed by atoms with Gasteiger partial charge in [-0.2, -0.15) is 10.4 Å². The molecule has 3 heterocycles. The molecule has 43 heavy (non-hydrogen) atoms. The van der Waals surface area contributed by atoms with Gasteiger partial charge >= 0.3 is 6.09 Å². The van der Waals surface area contributed by atoms with Crippen molar-refractivity contribution in [1.29, 1.82) is 5.26 Å². The second-order valence-electron chi connectivity index (χ2n) is 12.2. The van der Waals surface area contributed by atoms with Crippen LogP contribution in [0.4, 0.5) is 10.5 Å². The van der Waals surface area contributed by atoms with Crippen LogP contribution in [-0.2, 0) is 21.0 Å². The SMILES string of the molecule is COC(=O)N[C@H]1CCC[C@@H]1[C@](C#N)(c1ccccc1)C1CCN(CC2CN(c3ccc(S(=O)c4cn[nH]c4)cc3)C2)CC1. The minimum atomic E-state index is -1.23. The maximum atomic E-state index is 12.7. The van der Waals surface area contributed by atoms with Crippen molar-refractivity contribution in [2.75, 3.05) is 44.7 Å². The fourth-order valence-electron chi connectivity index (χ4n) is 7.68. The minimum absolute atomic E-state index is 0.0549. The van der Waals surface area contributed by atoms with Gasteiger partial charge in [0.05, 0.1) is 40.5 Å². The van der Waals surface area contributed by atoms with Gasteiger partial charge in [0.2, 0.25) is 0 Å². The van der Waals surface area contributed by atoms with Crippen LogP contribution < -0.4 is 10.2 Å². The Balaban J connectivity index is 1.06. The van der Waals surface area contributed by atoms with Crippen LogP contribution in [0.5, 0.6) is 0 Å². The number of aromatic nitrogens is 2. The number of anilines is 1. The molecule has 4 atom stereocenters. The van der Waals surface area contributed by atoms with Crippen molar-refractivity contribution in [3.05, 3.63) is 72.6 Å². The van der Waals surface area contributed by atoms with Gasteiger partial charge in [0.25, 0.3) is 0 Å². The van der Waals surface area contributed by atoms with Crippen LogP contribution in [0.15, 0.2) is 76.8 Å². The number of nitrogens with zero attached hydrogens (tertiary/aromatic N) is 4. The third-order valence-electron chi connectivity index (χ3n) is 9.83. The van der Waals surface area contributed by atoms with Gasteiger partial charge in [0.15, 0.2) is 0 Å². The number of piperidine rings is 1. The summed E-state index contributed by atoms with van der Waals surface area (Å²) in [5.41, 5.74) is 1.60. The molecule has 226 valence electrons. The monoisotopic (exact) mass is 600 g/mol. The summed E-state index contributed by atoms with van der Waals surface area (Å²) in [5.74, 6) is 0.888. The zero-order chi connectivity index (χ0) is 29.8. The van der Waals surface area contributed by atoms with Crippen molar-refractivity contribution >= 4 is 22.6 Å². The van der Waals surface area contributed by atoms with Gasteiger partial charge in [-0.15, -0.1) is 0 Å². The van der Waals surface area contributed by atoms with Crippen molar-refractivity contribution in [2.45, 2.75) is 53.4 Å². The predicted molar refractivity (Wildman–Crippen MR) is 165 cm³/mol. The van der Waals surface area contributed by atoms with E-state index in [2.05, 4.69) is 55.6 Å². The van der Waals surface area contributed by atoms with Gasteiger partial charge in [0, 0.05) is 54.3 Å². The number of nitriles is 1. The number of carbonyl (C=O) groups excluding carboxylic acids is 1. The zero-order valence-corrected chi connectivity index (χ0v) is 25.5. The summed E-state index contributed by atoms with van der Waals surface area (Å²) in [6.45, 7) is 5.05. The van der Waals surface area contributed by atoms with Crippen LogP contribution in [0.25, 0.3) is 0 Å².